The number of hydrogen-bond acceptors (Lipinski definition) is 3. The van der Waals surface area contributed by atoms with E-state index in [9.17, 15) is 0 Å². The summed E-state index contributed by atoms with van der Waals surface area (Å²) in [6, 6.07) is 7.66. The number of rotatable bonds is 3. The van der Waals surface area contributed by atoms with Crippen LogP contribution in [-0.2, 0) is 0 Å². The van der Waals surface area contributed by atoms with Crippen molar-refractivity contribution in [2.45, 2.75) is 12.8 Å². The number of imidazole rings is 1. The van der Waals surface area contributed by atoms with E-state index >= 15 is 0 Å². The average Bonchev–Trinajstić information content (AvgIpc) is 2.86. The summed E-state index contributed by atoms with van der Waals surface area (Å²) in [5.41, 5.74) is 9.69. The highest BCUT2D eigenvalue weighted by molar-refractivity contribution is 6.30. The molecule has 0 aromatic carbocycles. The van der Waals surface area contributed by atoms with Crippen LogP contribution in [0.15, 0.2) is 42.9 Å². The summed E-state index contributed by atoms with van der Waals surface area (Å²) in [7, 11) is 0. The third-order valence-electron chi connectivity index (χ3n) is 3.37. The molecule has 0 aliphatic carbocycles. The van der Waals surface area contributed by atoms with Crippen molar-refractivity contribution >= 4 is 17.2 Å². The van der Waals surface area contributed by atoms with Crippen molar-refractivity contribution in [3.8, 4) is 11.3 Å². The first-order chi connectivity index (χ1) is 9.70. The van der Waals surface area contributed by atoms with Gasteiger partial charge >= 0.3 is 0 Å². The zero-order chi connectivity index (χ0) is 14.1. The lowest BCUT2D eigenvalue weighted by atomic mass is 10.0. The Hall–Kier alpha value is -1.91. The predicted molar refractivity (Wildman–Crippen MR) is 80.9 cm³/mol. The third kappa shape index (κ3) is 2.17. The van der Waals surface area contributed by atoms with Gasteiger partial charge in [0.15, 0.2) is 0 Å². The largest absolute Gasteiger partial charge is 0.330 e. The van der Waals surface area contributed by atoms with Crippen molar-refractivity contribution in [2.24, 2.45) is 5.73 Å². The van der Waals surface area contributed by atoms with Gasteiger partial charge in [0, 0.05) is 36.6 Å². The summed E-state index contributed by atoms with van der Waals surface area (Å²) in [5, 5.41) is 0.679. The molecule has 0 radical (unpaired) electrons. The molecule has 20 heavy (non-hydrogen) atoms. The van der Waals surface area contributed by atoms with E-state index in [1.54, 1.807) is 6.20 Å². The van der Waals surface area contributed by atoms with Gasteiger partial charge in [0.1, 0.15) is 5.65 Å². The standard InChI is InChI=1S/C15H15ClN4/c1-10(7-17)15-14(11-3-2-6-18-8-11)19-13-5-4-12(16)9-20(13)15/h2-6,8-10H,7,17H2,1H3. The van der Waals surface area contributed by atoms with E-state index in [0.29, 0.717) is 11.6 Å². The molecule has 0 bridgehead atoms. The number of fused-ring (bicyclic) bond motifs is 1. The van der Waals surface area contributed by atoms with Crippen LogP contribution < -0.4 is 5.73 Å². The number of aromatic nitrogens is 3. The van der Waals surface area contributed by atoms with E-state index in [4.69, 9.17) is 22.3 Å². The van der Waals surface area contributed by atoms with Crippen LogP contribution in [0.3, 0.4) is 0 Å². The second-order valence-corrected chi connectivity index (χ2v) is 5.24. The Morgan fingerprint density at radius 1 is 1.35 bits per heavy atom. The summed E-state index contributed by atoms with van der Waals surface area (Å²) < 4.78 is 2.02. The van der Waals surface area contributed by atoms with E-state index in [1.807, 2.05) is 41.1 Å². The van der Waals surface area contributed by atoms with Gasteiger partial charge < -0.3 is 10.1 Å². The van der Waals surface area contributed by atoms with Crippen LogP contribution in [0.4, 0.5) is 0 Å². The van der Waals surface area contributed by atoms with E-state index in [0.717, 1.165) is 22.6 Å². The first-order valence-corrected chi connectivity index (χ1v) is 6.86. The van der Waals surface area contributed by atoms with Crippen LogP contribution in [-0.4, -0.2) is 20.9 Å². The Morgan fingerprint density at radius 2 is 2.20 bits per heavy atom. The van der Waals surface area contributed by atoms with Gasteiger partial charge in [-0.3, -0.25) is 4.98 Å². The molecule has 102 valence electrons. The molecule has 0 aliphatic rings. The molecule has 3 aromatic rings. The van der Waals surface area contributed by atoms with Gasteiger partial charge in [-0.05, 0) is 24.3 Å². The van der Waals surface area contributed by atoms with Crippen LogP contribution in [0.5, 0.6) is 0 Å². The second-order valence-electron chi connectivity index (χ2n) is 4.80. The minimum Gasteiger partial charge on any atom is -0.330 e. The zero-order valence-electron chi connectivity index (χ0n) is 11.1. The second kappa shape index (κ2) is 5.23. The minimum absolute atomic E-state index is 0.179. The highest BCUT2D eigenvalue weighted by atomic mass is 35.5. The van der Waals surface area contributed by atoms with Gasteiger partial charge in [-0.1, -0.05) is 18.5 Å². The van der Waals surface area contributed by atoms with Crippen molar-refractivity contribution in [1.29, 1.82) is 0 Å². The summed E-state index contributed by atoms with van der Waals surface area (Å²) in [6.45, 7) is 2.64. The molecule has 0 saturated heterocycles. The lowest BCUT2D eigenvalue weighted by Crippen LogP contribution is -2.12. The van der Waals surface area contributed by atoms with Crippen LogP contribution in [0.25, 0.3) is 16.9 Å². The summed E-state index contributed by atoms with van der Waals surface area (Å²) >= 11 is 6.10. The van der Waals surface area contributed by atoms with Crippen LogP contribution in [0, 0.1) is 0 Å². The highest BCUT2D eigenvalue weighted by Crippen LogP contribution is 2.30. The lowest BCUT2D eigenvalue weighted by molar-refractivity contribution is 0.738. The quantitative estimate of drug-likeness (QED) is 0.805. The maximum atomic E-state index is 6.10. The lowest BCUT2D eigenvalue weighted by Gasteiger charge is -2.11. The first-order valence-electron chi connectivity index (χ1n) is 6.48. The van der Waals surface area contributed by atoms with Gasteiger partial charge in [-0.25, -0.2) is 4.98 Å². The molecule has 1 atom stereocenters. The van der Waals surface area contributed by atoms with Gasteiger partial charge in [-0.2, -0.15) is 0 Å². The number of pyridine rings is 2. The summed E-state index contributed by atoms with van der Waals surface area (Å²) in [6.07, 6.45) is 5.45. The molecular formula is C15H15ClN4. The van der Waals surface area contributed by atoms with Crippen molar-refractivity contribution in [3.63, 3.8) is 0 Å². The van der Waals surface area contributed by atoms with Gasteiger partial charge in [0.05, 0.1) is 16.4 Å². The Labute approximate surface area is 122 Å². The fourth-order valence-corrected chi connectivity index (χ4v) is 2.50. The van der Waals surface area contributed by atoms with Crippen LogP contribution in [0.1, 0.15) is 18.5 Å². The van der Waals surface area contributed by atoms with Crippen molar-refractivity contribution in [3.05, 3.63) is 53.6 Å². The average molecular weight is 287 g/mol. The molecular weight excluding hydrogens is 272 g/mol. The number of hydrogen-bond donors (Lipinski definition) is 1. The number of nitrogens with two attached hydrogens (primary N) is 1. The maximum Gasteiger partial charge on any atom is 0.137 e. The maximum absolute atomic E-state index is 6.10. The molecule has 5 heteroatoms. The molecule has 3 aromatic heterocycles. The highest BCUT2D eigenvalue weighted by Gasteiger charge is 2.18. The molecule has 0 fully saturated rings. The van der Waals surface area contributed by atoms with Crippen molar-refractivity contribution in [1.82, 2.24) is 14.4 Å². The molecule has 0 amide bonds. The topological polar surface area (TPSA) is 56.2 Å². The number of nitrogens with zero attached hydrogens (tertiary/aromatic N) is 3. The minimum atomic E-state index is 0.179. The third-order valence-corrected chi connectivity index (χ3v) is 3.60. The Bertz CT molecular complexity index is 736. The fourth-order valence-electron chi connectivity index (χ4n) is 2.33. The smallest absolute Gasteiger partial charge is 0.137 e. The molecule has 4 nitrogen and oxygen atoms in total. The van der Waals surface area contributed by atoms with Crippen molar-refractivity contribution < 1.29 is 0 Å². The first kappa shape index (κ1) is 13.1. The molecule has 3 heterocycles. The fraction of sp³-hybridized carbons (Fsp3) is 0.200. The molecule has 3 rings (SSSR count). The van der Waals surface area contributed by atoms with Crippen LogP contribution >= 0.6 is 11.6 Å². The molecule has 0 spiro atoms. The normalized spacial score (nSPS) is 12.8. The number of halogens is 1. The molecule has 2 N–H and O–H groups in total. The molecule has 0 saturated carbocycles. The van der Waals surface area contributed by atoms with Crippen LogP contribution in [0.2, 0.25) is 5.02 Å². The van der Waals surface area contributed by atoms with Gasteiger partial charge in [0.25, 0.3) is 0 Å². The zero-order valence-corrected chi connectivity index (χ0v) is 11.9. The van der Waals surface area contributed by atoms with E-state index < -0.39 is 0 Å². The Kier molecular flexibility index (Phi) is 3.42. The van der Waals surface area contributed by atoms with Gasteiger partial charge in [-0.15, -0.1) is 0 Å². The summed E-state index contributed by atoms with van der Waals surface area (Å²) in [4.78, 5) is 8.87. The SMILES string of the molecule is CC(CN)c1c(-c2cccnc2)nc2ccc(Cl)cn12. The molecule has 1 unspecified atom stereocenters. The van der Waals surface area contributed by atoms with Gasteiger partial charge in [0.2, 0.25) is 0 Å². The Balaban J connectivity index is 2.31. The predicted octanol–water partition coefficient (Wildman–Crippen LogP) is 3.11. The molecule has 0 aliphatic heterocycles. The Morgan fingerprint density at radius 3 is 2.90 bits per heavy atom. The van der Waals surface area contributed by atoms with E-state index in [-0.39, 0.29) is 5.92 Å². The summed E-state index contributed by atoms with van der Waals surface area (Å²) in [5.74, 6) is 0.179. The van der Waals surface area contributed by atoms with Crippen molar-refractivity contribution in [2.75, 3.05) is 6.54 Å². The van der Waals surface area contributed by atoms with E-state index in [2.05, 4.69) is 11.9 Å². The monoisotopic (exact) mass is 286 g/mol. The van der Waals surface area contributed by atoms with E-state index in [1.165, 1.54) is 0 Å².